The third-order valence-electron chi connectivity index (χ3n) is 1.78. The molecule has 0 radical (unpaired) electrons. The Labute approximate surface area is 113 Å². The second kappa shape index (κ2) is 9.66. The molecule has 92 valence electrons. The lowest BCUT2D eigenvalue weighted by Crippen LogP contribution is -2.31. The lowest BCUT2D eigenvalue weighted by molar-refractivity contribution is 0.278. The van der Waals surface area contributed by atoms with Gasteiger partial charge in [-0.25, -0.2) is 0 Å². The topological polar surface area (TPSA) is 61.3 Å². The van der Waals surface area contributed by atoms with Gasteiger partial charge in [0.05, 0.1) is 0 Å². The van der Waals surface area contributed by atoms with Gasteiger partial charge in [0.15, 0.2) is 0 Å². The van der Waals surface area contributed by atoms with E-state index in [4.69, 9.17) is 16.2 Å². The minimum atomic E-state index is -0.0705. The summed E-state index contributed by atoms with van der Waals surface area (Å²) in [6.07, 6.45) is 0.767. The van der Waals surface area contributed by atoms with E-state index in [9.17, 15) is 0 Å². The summed E-state index contributed by atoms with van der Waals surface area (Å²) in [7, 11) is 0. The Morgan fingerprint density at radius 3 is 2.31 bits per heavy atom. The second-order valence-electron chi connectivity index (χ2n) is 3.08. The first-order valence-corrected chi connectivity index (χ1v) is 4.81. The molecule has 1 atom stereocenters. The van der Waals surface area contributed by atoms with Crippen LogP contribution in [0.2, 0.25) is 0 Å². The van der Waals surface area contributed by atoms with Gasteiger partial charge in [-0.3, -0.25) is 0 Å². The molecule has 1 aromatic rings. The van der Waals surface area contributed by atoms with Crippen molar-refractivity contribution in [2.75, 3.05) is 6.61 Å². The van der Waals surface area contributed by atoms with Crippen LogP contribution in [0.1, 0.15) is 5.56 Å². The molecule has 0 unspecified atom stereocenters. The van der Waals surface area contributed by atoms with Gasteiger partial charge in [0.1, 0.15) is 6.61 Å². The normalized spacial score (nSPS) is 10.6. The first-order valence-electron chi connectivity index (χ1n) is 4.40. The van der Waals surface area contributed by atoms with Gasteiger partial charge in [0.25, 0.3) is 5.17 Å². The van der Waals surface area contributed by atoms with Crippen LogP contribution in [0, 0.1) is 0 Å². The number of thiocarbonyl (C=S) groups is 1. The van der Waals surface area contributed by atoms with Gasteiger partial charge in [-0.2, -0.15) is 0 Å². The molecule has 0 saturated carbocycles. The summed E-state index contributed by atoms with van der Waals surface area (Å²) in [6, 6.07) is 9.92. The summed E-state index contributed by atoms with van der Waals surface area (Å²) in [5.74, 6) is 0. The van der Waals surface area contributed by atoms with Crippen LogP contribution in [-0.4, -0.2) is 17.8 Å². The van der Waals surface area contributed by atoms with E-state index in [1.54, 1.807) is 0 Å². The van der Waals surface area contributed by atoms with Gasteiger partial charge >= 0.3 is 0 Å². The van der Waals surface area contributed by atoms with E-state index in [1.807, 2.05) is 30.3 Å². The van der Waals surface area contributed by atoms with E-state index < -0.39 is 0 Å². The van der Waals surface area contributed by atoms with Crippen molar-refractivity contribution in [3.8, 4) is 0 Å². The Kier molecular flexibility index (Phi) is 10.8. The van der Waals surface area contributed by atoms with Crippen LogP contribution >= 0.6 is 37.0 Å². The fourth-order valence-corrected chi connectivity index (χ4v) is 1.23. The zero-order valence-corrected chi connectivity index (χ0v) is 11.1. The predicted octanol–water partition coefficient (Wildman–Crippen LogP) is 1.66. The summed E-state index contributed by atoms with van der Waals surface area (Å²) in [6.45, 7) is 0.365. The summed E-state index contributed by atoms with van der Waals surface area (Å²) in [5, 5.41) is 0.0495. The Bertz CT molecular complexity index is 298. The quantitative estimate of drug-likeness (QED) is 0.825. The molecule has 1 aromatic carbocycles. The van der Waals surface area contributed by atoms with Crippen molar-refractivity contribution in [2.45, 2.75) is 12.5 Å². The van der Waals surface area contributed by atoms with E-state index in [2.05, 4.69) is 12.2 Å². The smallest absolute Gasteiger partial charge is 0.254 e. The molecule has 3 nitrogen and oxygen atoms in total. The zero-order valence-electron chi connectivity index (χ0n) is 8.67. The van der Waals surface area contributed by atoms with Gasteiger partial charge in [0.2, 0.25) is 0 Å². The minimum absolute atomic E-state index is 0. The van der Waals surface area contributed by atoms with Crippen LogP contribution < -0.4 is 11.5 Å². The third kappa shape index (κ3) is 7.70. The van der Waals surface area contributed by atoms with Crippen molar-refractivity contribution in [1.82, 2.24) is 0 Å². The van der Waals surface area contributed by atoms with Gasteiger partial charge < -0.3 is 16.2 Å². The molecular weight excluding hydrogens is 267 g/mol. The lowest BCUT2D eigenvalue weighted by Gasteiger charge is -2.11. The van der Waals surface area contributed by atoms with Crippen LogP contribution in [0.3, 0.4) is 0 Å². The monoisotopic (exact) mass is 282 g/mol. The van der Waals surface area contributed by atoms with Crippen LogP contribution in [0.25, 0.3) is 0 Å². The Morgan fingerprint density at radius 1 is 1.25 bits per heavy atom. The number of hydrogen-bond acceptors (Lipinski definition) is 3. The summed E-state index contributed by atoms with van der Waals surface area (Å²) in [4.78, 5) is 0. The van der Waals surface area contributed by atoms with E-state index in [0.29, 0.717) is 6.61 Å². The van der Waals surface area contributed by atoms with Crippen molar-refractivity contribution in [3.63, 3.8) is 0 Å². The molecule has 0 amide bonds. The van der Waals surface area contributed by atoms with Gasteiger partial charge in [-0.15, -0.1) is 24.8 Å². The highest BCUT2D eigenvalue weighted by atomic mass is 35.5. The summed E-state index contributed by atoms with van der Waals surface area (Å²) < 4.78 is 4.96. The van der Waals surface area contributed by atoms with Crippen LogP contribution in [-0.2, 0) is 11.2 Å². The van der Waals surface area contributed by atoms with Crippen LogP contribution in [0.5, 0.6) is 0 Å². The van der Waals surface area contributed by atoms with Crippen molar-refractivity contribution in [2.24, 2.45) is 11.5 Å². The number of ether oxygens (including phenoxy) is 1. The van der Waals surface area contributed by atoms with Crippen LogP contribution in [0.4, 0.5) is 0 Å². The van der Waals surface area contributed by atoms with Gasteiger partial charge in [-0.05, 0) is 24.2 Å². The molecule has 0 spiro atoms. The third-order valence-corrected chi connectivity index (χ3v) is 1.90. The molecule has 0 aliphatic carbocycles. The number of rotatable bonds is 4. The molecule has 0 aliphatic heterocycles. The molecule has 0 saturated heterocycles. The van der Waals surface area contributed by atoms with Gasteiger partial charge in [0, 0.05) is 6.04 Å². The lowest BCUT2D eigenvalue weighted by atomic mass is 10.1. The van der Waals surface area contributed by atoms with Crippen molar-refractivity contribution in [3.05, 3.63) is 35.9 Å². The maximum atomic E-state index is 5.81. The fourth-order valence-electron chi connectivity index (χ4n) is 1.16. The molecule has 1 rings (SSSR count). The highest BCUT2D eigenvalue weighted by Crippen LogP contribution is 2.01. The molecular formula is C10H16Cl2N2OS. The SMILES string of the molecule is Cl.Cl.NC(=S)OC[C@H](N)Cc1ccccc1. The first-order chi connectivity index (χ1) is 6.68. The van der Waals surface area contributed by atoms with E-state index in [0.717, 1.165) is 6.42 Å². The molecule has 0 heterocycles. The minimum Gasteiger partial charge on any atom is -0.470 e. The standard InChI is InChI=1S/C10H14N2OS.2ClH/c11-9(7-13-10(12)14)6-8-4-2-1-3-5-8;;/h1-5,9H,6-7,11H2,(H2,12,14);2*1H/t9-;;/m1../s1. The number of benzene rings is 1. The predicted molar refractivity (Wildman–Crippen MR) is 75.4 cm³/mol. The number of nitrogens with two attached hydrogens (primary N) is 2. The Balaban J connectivity index is 0. The molecule has 4 N–H and O–H groups in total. The van der Waals surface area contributed by atoms with E-state index in [-0.39, 0.29) is 36.0 Å². The second-order valence-corrected chi connectivity index (χ2v) is 3.48. The molecule has 0 fully saturated rings. The maximum Gasteiger partial charge on any atom is 0.254 e. The average Bonchev–Trinajstić information content (AvgIpc) is 2.16. The van der Waals surface area contributed by atoms with Crippen molar-refractivity contribution >= 4 is 42.2 Å². The summed E-state index contributed by atoms with van der Waals surface area (Å²) in [5.41, 5.74) is 12.2. The molecule has 0 aromatic heterocycles. The molecule has 16 heavy (non-hydrogen) atoms. The van der Waals surface area contributed by atoms with Crippen LogP contribution in [0.15, 0.2) is 30.3 Å². The molecule has 0 aliphatic rings. The average molecular weight is 283 g/mol. The highest BCUT2D eigenvalue weighted by molar-refractivity contribution is 7.80. The number of hydrogen-bond donors (Lipinski definition) is 2. The molecule has 6 heteroatoms. The molecule has 0 bridgehead atoms. The van der Waals surface area contributed by atoms with Crippen molar-refractivity contribution in [1.29, 1.82) is 0 Å². The fraction of sp³-hybridized carbons (Fsp3) is 0.300. The van der Waals surface area contributed by atoms with Gasteiger partial charge in [-0.1, -0.05) is 30.3 Å². The highest BCUT2D eigenvalue weighted by Gasteiger charge is 2.04. The summed E-state index contributed by atoms with van der Waals surface area (Å²) >= 11 is 4.58. The first kappa shape index (κ1) is 17.8. The zero-order chi connectivity index (χ0) is 10.4. The Morgan fingerprint density at radius 2 is 1.81 bits per heavy atom. The maximum absolute atomic E-state index is 5.81. The number of halogens is 2. The van der Waals surface area contributed by atoms with E-state index >= 15 is 0 Å². The largest absolute Gasteiger partial charge is 0.470 e. The van der Waals surface area contributed by atoms with Crippen molar-refractivity contribution < 1.29 is 4.74 Å². The van der Waals surface area contributed by atoms with E-state index in [1.165, 1.54) is 5.56 Å². The Hall–Kier alpha value is -0.550.